The van der Waals surface area contributed by atoms with E-state index in [9.17, 15) is 4.39 Å². The number of halogens is 1. The normalized spacial score (nSPS) is 24.7. The molecule has 18 heavy (non-hydrogen) atoms. The van der Waals surface area contributed by atoms with Crippen molar-refractivity contribution in [2.24, 2.45) is 11.7 Å². The Balaban J connectivity index is 2.27. The van der Waals surface area contributed by atoms with Gasteiger partial charge in [-0.25, -0.2) is 4.39 Å². The van der Waals surface area contributed by atoms with Crippen LogP contribution in [0.25, 0.3) is 0 Å². The molecular weight excluding hydrogens is 231 g/mol. The van der Waals surface area contributed by atoms with Gasteiger partial charge in [-0.05, 0) is 49.2 Å². The largest absolute Gasteiger partial charge is 0.380 e. The third-order valence-corrected chi connectivity index (χ3v) is 3.73. The Labute approximate surface area is 108 Å². The third kappa shape index (κ3) is 2.71. The number of nitrogens with zero attached hydrogens (tertiary/aromatic N) is 1. The van der Waals surface area contributed by atoms with Crippen molar-refractivity contribution in [2.45, 2.75) is 19.1 Å². The Kier molecular flexibility index (Phi) is 4.32. The maximum absolute atomic E-state index is 13.3. The maximum Gasteiger partial charge on any atom is 0.123 e. The van der Waals surface area contributed by atoms with Gasteiger partial charge in [0.25, 0.3) is 0 Å². The molecule has 2 N–H and O–H groups in total. The summed E-state index contributed by atoms with van der Waals surface area (Å²) >= 11 is 0. The molecule has 1 saturated heterocycles. The third-order valence-electron chi connectivity index (χ3n) is 3.73. The summed E-state index contributed by atoms with van der Waals surface area (Å²) in [4.78, 5) is 2.30. The van der Waals surface area contributed by atoms with Gasteiger partial charge in [0.15, 0.2) is 0 Å². The molecule has 3 nitrogen and oxygen atoms in total. The van der Waals surface area contributed by atoms with Crippen LogP contribution in [0.5, 0.6) is 0 Å². The average molecular weight is 252 g/mol. The molecule has 1 aliphatic rings. The number of likely N-dealkylation sites (tertiary alicyclic amines) is 1. The van der Waals surface area contributed by atoms with Crippen LogP contribution in [-0.2, 0) is 11.3 Å². The van der Waals surface area contributed by atoms with E-state index in [2.05, 4.69) is 11.9 Å². The summed E-state index contributed by atoms with van der Waals surface area (Å²) in [5, 5.41) is 0. The monoisotopic (exact) mass is 252 g/mol. The lowest BCUT2D eigenvalue weighted by Crippen LogP contribution is -2.21. The lowest BCUT2D eigenvalue weighted by molar-refractivity contribution is 0.181. The van der Waals surface area contributed by atoms with E-state index in [-0.39, 0.29) is 5.82 Å². The van der Waals surface area contributed by atoms with E-state index in [4.69, 9.17) is 10.5 Å². The Morgan fingerprint density at radius 3 is 2.89 bits per heavy atom. The van der Waals surface area contributed by atoms with Gasteiger partial charge in [0.2, 0.25) is 0 Å². The average Bonchev–Trinajstić information content (AvgIpc) is 2.71. The molecule has 0 bridgehead atoms. The van der Waals surface area contributed by atoms with Crippen molar-refractivity contribution in [3.05, 3.63) is 35.1 Å². The SMILES string of the molecule is COCc1cc(F)ccc1C1CC(CN)CN1C. The van der Waals surface area contributed by atoms with Crippen LogP contribution >= 0.6 is 0 Å². The zero-order valence-corrected chi connectivity index (χ0v) is 11.0. The van der Waals surface area contributed by atoms with Crippen LogP contribution in [0.4, 0.5) is 4.39 Å². The van der Waals surface area contributed by atoms with E-state index in [0.717, 1.165) is 24.1 Å². The standard InChI is InChI=1S/C14H21FN2O/c1-17-8-10(7-16)5-14(17)13-4-3-12(15)6-11(13)9-18-2/h3-4,6,10,14H,5,7-9,16H2,1-2H3. The Bertz CT molecular complexity index is 411. The molecule has 1 aromatic rings. The maximum atomic E-state index is 13.3. The number of rotatable bonds is 4. The molecule has 0 spiro atoms. The number of benzene rings is 1. The fourth-order valence-electron chi connectivity index (χ4n) is 2.82. The predicted octanol–water partition coefficient (Wildman–Crippen LogP) is 1.92. The molecule has 1 heterocycles. The predicted molar refractivity (Wildman–Crippen MR) is 69.6 cm³/mol. The Morgan fingerprint density at radius 2 is 2.28 bits per heavy atom. The molecule has 0 aliphatic carbocycles. The quantitative estimate of drug-likeness (QED) is 0.889. The van der Waals surface area contributed by atoms with Crippen LogP contribution in [0.15, 0.2) is 18.2 Å². The van der Waals surface area contributed by atoms with Gasteiger partial charge >= 0.3 is 0 Å². The molecule has 2 atom stereocenters. The molecular formula is C14H21FN2O. The first-order valence-corrected chi connectivity index (χ1v) is 6.33. The second-order valence-corrected chi connectivity index (χ2v) is 5.07. The van der Waals surface area contributed by atoms with E-state index < -0.39 is 0 Å². The van der Waals surface area contributed by atoms with Crippen molar-refractivity contribution in [1.82, 2.24) is 4.90 Å². The van der Waals surface area contributed by atoms with Gasteiger partial charge in [0.1, 0.15) is 5.82 Å². The number of nitrogens with two attached hydrogens (primary N) is 1. The fraction of sp³-hybridized carbons (Fsp3) is 0.571. The number of hydrogen-bond acceptors (Lipinski definition) is 3. The van der Waals surface area contributed by atoms with Crippen LogP contribution in [0.3, 0.4) is 0 Å². The minimum atomic E-state index is -0.207. The second kappa shape index (κ2) is 5.78. The van der Waals surface area contributed by atoms with E-state index in [1.54, 1.807) is 13.2 Å². The smallest absolute Gasteiger partial charge is 0.123 e. The molecule has 100 valence electrons. The van der Waals surface area contributed by atoms with Crippen molar-refractivity contribution in [1.29, 1.82) is 0 Å². The van der Waals surface area contributed by atoms with Gasteiger partial charge in [0.05, 0.1) is 6.61 Å². The minimum absolute atomic E-state index is 0.207. The Morgan fingerprint density at radius 1 is 1.50 bits per heavy atom. The minimum Gasteiger partial charge on any atom is -0.380 e. The van der Waals surface area contributed by atoms with Gasteiger partial charge in [-0.15, -0.1) is 0 Å². The summed E-state index contributed by atoms with van der Waals surface area (Å²) < 4.78 is 18.5. The topological polar surface area (TPSA) is 38.5 Å². The summed E-state index contributed by atoms with van der Waals surface area (Å²) in [5.41, 5.74) is 7.85. The van der Waals surface area contributed by atoms with Crippen molar-refractivity contribution >= 4 is 0 Å². The summed E-state index contributed by atoms with van der Waals surface area (Å²) in [5.74, 6) is 0.322. The van der Waals surface area contributed by atoms with Gasteiger partial charge in [-0.3, -0.25) is 4.90 Å². The van der Waals surface area contributed by atoms with Crippen molar-refractivity contribution in [3.8, 4) is 0 Å². The van der Waals surface area contributed by atoms with Crippen LogP contribution in [0.2, 0.25) is 0 Å². The lowest BCUT2D eigenvalue weighted by atomic mass is 9.96. The molecule has 0 saturated carbocycles. The van der Waals surface area contributed by atoms with Crippen molar-refractivity contribution in [2.75, 3.05) is 27.2 Å². The molecule has 0 amide bonds. The Hall–Kier alpha value is -0.970. The highest BCUT2D eigenvalue weighted by Gasteiger charge is 2.30. The molecule has 1 fully saturated rings. The zero-order chi connectivity index (χ0) is 13.1. The van der Waals surface area contributed by atoms with Gasteiger partial charge in [-0.2, -0.15) is 0 Å². The van der Waals surface area contributed by atoms with Crippen molar-refractivity contribution < 1.29 is 9.13 Å². The molecule has 1 aromatic carbocycles. The zero-order valence-electron chi connectivity index (χ0n) is 11.0. The molecule has 0 radical (unpaired) electrons. The summed E-state index contributed by atoms with van der Waals surface area (Å²) in [6.07, 6.45) is 1.04. The van der Waals surface area contributed by atoms with E-state index in [1.165, 1.54) is 6.07 Å². The fourth-order valence-corrected chi connectivity index (χ4v) is 2.82. The van der Waals surface area contributed by atoms with E-state index in [0.29, 0.717) is 25.1 Å². The first kappa shape index (κ1) is 13.5. The van der Waals surface area contributed by atoms with Crippen LogP contribution in [0, 0.1) is 11.7 Å². The number of ether oxygens (including phenoxy) is 1. The second-order valence-electron chi connectivity index (χ2n) is 5.07. The first-order valence-electron chi connectivity index (χ1n) is 6.33. The molecule has 0 aromatic heterocycles. The highest BCUT2D eigenvalue weighted by molar-refractivity contribution is 5.31. The van der Waals surface area contributed by atoms with Crippen LogP contribution in [-0.4, -0.2) is 32.1 Å². The van der Waals surface area contributed by atoms with Crippen molar-refractivity contribution in [3.63, 3.8) is 0 Å². The molecule has 2 unspecified atom stereocenters. The summed E-state index contributed by atoms with van der Waals surface area (Å²) in [6.45, 7) is 2.16. The molecule has 4 heteroatoms. The lowest BCUT2D eigenvalue weighted by Gasteiger charge is -2.22. The number of hydrogen-bond donors (Lipinski definition) is 1. The van der Waals surface area contributed by atoms with Gasteiger partial charge < -0.3 is 10.5 Å². The summed E-state index contributed by atoms with van der Waals surface area (Å²) in [6, 6.07) is 5.30. The number of methoxy groups -OCH3 is 1. The van der Waals surface area contributed by atoms with Gasteiger partial charge in [-0.1, -0.05) is 6.07 Å². The van der Waals surface area contributed by atoms with Crippen LogP contribution < -0.4 is 5.73 Å². The molecule has 1 aliphatic heterocycles. The van der Waals surface area contributed by atoms with E-state index in [1.807, 2.05) is 6.07 Å². The van der Waals surface area contributed by atoms with Crippen LogP contribution in [0.1, 0.15) is 23.6 Å². The highest BCUT2D eigenvalue weighted by atomic mass is 19.1. The first-order chi connectivity index (χ1) is 8.65. The summed E-state index contributed by atoms with van der Waals surface area (Å²) in [7, 11) is 3.73. The highest BCUT2D eigenvalue weighted by Crippen LogP contribution is 2.35. The van der Waals surface area contributed by atoms with E-state index >= 15 is 0 Å². The molecule has 2 rings (SSSR count). The van der Waals surface area contributed by atoms with Gasteiger partial charge in [0, 0.05) is 19.7 Å².